The number of piperidine rings is 3. The number of hydrogen-bond donors (Lipinski definition) is 1. The average Bonchev–Trinajstić information content (AvgIpc) is 2.98. The van der Waals surface area contributed by atoms with Gasteiger partial charge in [-0.05, 0) is 62.1 Å². The topological polar surface area (TPSA) is 44.8 Å². The minimum Gasteiger partial charge on any atom is -0.496 e. The molecule has 3 fully saturated rings. The van der Waals surface area contributed by atoms with Gasteiger partial charge in [-0.3, -0.25) is 9.69 Å². The lowest BCUT2D eigenvalue weighted by molar-refractivity contribution is -0.145. The van der Waals surface area contributed by atoms with Crippen molar-refractivity contribution in [2.75, 3.05) is 33.3 Å². The van der Waals surface area contributed by atoms with Crippen molar-refractivity contribution in [3.63, 3.8) is 0 Å². The molecule has 0 saturated carbocycles. The molecule has 6 heteroatoms. The largest absolute Gasteiger partial charge is 0.496 e. The van der Waals surface area contributed by atoms with E-state index in [0.29, 0.717) is 11.6 Å². The Labute approximate surface area is 238 Å². The van der Waals surface area contributed by atoms with Crippen molar-refractivity contribution in [3.05, 3.63) is 101 Å². The van der Waals surface area contributed by atoms with Gasteiger partial charge in [-0.1, -0.05) is 72.3 Å². The Kier molecular flexibility index (Phi) is 8.91. The molecule has 2 bridgehead atoms. The first-order valence-corrected chi connectivity index (χ1v) is 14.6. The standard InChI is InChI=1S/C33H40ClN3O2/c1-4-36(5-2)33(38)28-22-37-19-18-27(28)31(35-21-25-20-26(34)16-17-29(25)39-3)32(37)30(23-12-8-6-9-13-23)24-14-10-7-11-15-24/h6-17,20,27-28,30-32,35H,4-5,18-19,21-22H2,1-3H3/t27-,28-,31-,32+/m0/s1. The molecule has 1 N–H and O–H groups in total. The Morgan fingerprint density at radius 3 is 2.26 bits per heavy atom. The summed E-state index contributed by atoms with van der Waals surface area (Å²) in [6.07, 6.45) is 1.01. The number of benzene rings is 3. The predicted octanol–water partition coefficient (Wildman–Crippen LogP) is 5.83. The van der Waals surface area contributed by atoms with Crippen LogP contribution in [-0.4, -0.2) is 61.1 Å². The van der Waals surface area contributed by atoms with Gasteiger partial charge in [0.05, 0.1) is 13.0 Å². The van der Waals surface area contributed by atoms with Gasteiger partial charge in [0.15, 0.2) is 0 Å². The molecule has 3 aliphatic heterocycles. The van der Waals surface area contributed by atoms with Gasteiger partial charge in [-0.15, -0.1) is 0 Å². The summed E-state index contributed by atoms with van der Waals surface area (Å²) in [6, 6.07) is 27.8. The molecule has 0 aliphatic carbocycles. The summed E-state index contributed by atoms with van der Waals surface area (Å²) in [5.74, 6) is 1.52. The van der Waals surface area contributed by atoms with Crippen LogP contribution in [0.15, 0.2) is 78.9 Å². The number of nitrogens with zero attached hydrogens (tertiary/aromatic N) is 2. The van der Waals surface area contributed by atoms with Crippen LogP contribution < -0.4 is 10.1 Å². The van der Waals surface area contributed by atoms with Crippen molar-refractivity contribution < 1.29 is 9.53 Å². The van der Waals surface area contributed by atoms with Crippen LogP contribution in [-0.2, 0) is 11.3 Å². The SMILES string of the molecule is CCN(CC)C(=O)[C@H]1CN2CC[C@@H]1[C@H](NCc1cc(Cl)ccc1OC)[C@H]2C(c1ccccc1)c1ccccc1. The summed E-state index contributed by atoms with van der Waals surface area (Å²) in [7, 11) is 1.70. The van der Waals surface area contributed by atoms with Crippen molar-refractivity contribution in [1.29, 1.82) is 0 Å². The number of halogens is 1. The second-order valence-corrected chi connectivity index (χ2v) is 11.2. The zero-order valence-corrected chi connectivity index (χ0v) is 24.0. The average molecular weight is 546 g/mol. The van der Waals surface area contributed by atoms with Crippen LogP contribution in [0.3, 0.4) is 0 Å². The number of amides is 1. The lowest BCUT2D eigenvalue weighted by Gasteiger charge is -2.57. The van der Waals surface area contributed by atoms with Crippen LogP contribution in [0.2, 0.25) is 5.02 Å². The van der Waals surface area contributed by atoms with Gasteiger partial charge < -0.3 is 15.0 Å². The fourth-order valence-corrected chi connectivity index (χ4v) is 7.11. The maximum atomic E-state index is 13.8. The molecule has 3 aromatic rings. The van der Waals surface area contributed by atoms with E-state index in [1.807, 2.05) is 23.1 Å². The lowest BCUT2D eigenvalue weighted by Crippen LogP contribution is -2.69. The molecule has 3 saturated heterocycles. The molecule has 5 nitrogen and oxygen atoms in total. The van der Waals surface area contributed by atoms with Crippen molar-refractivity contribution in [1.82, 2.24) is 15.1 Å². The minimum atomic E-state index is -0.0131. The quantitative estimate of drug-likeness (QED) is 0.348. The molecule has 206 valence electrons. The van der Waals surface area contributed by atoms with E-state index >= 15 is 0 Å². The van der Waals surface area contributed by atoms with Crippen molar-refractivity contribution in [2.45, 2.75) is 44.8 Å². The molecule has 1 unspecified atom stereocenters. The molecule has 3 aliphatic rings. The Morgan fingerprint density at radius 1 is 1.03 bits per heavy atom. The van der Waals surface area contributed by atoms with Gasteiger partial charge >= 0.3 is 0 Å². The number of ether oxygens (including phenoxy) is 1. The molecule has 3 heterocycles. The highest BCUT2D eigenvalue weighted by Gasteiger charge is 2.52. The van der Waals surface area contributed by atoms with E-state index in [9.17, 15) is 4.79 Å². The second-order valence-electron chi connectivity index (χ2n) is 10.7. The van der Waals surface area contributed by atoms with Crippen LogP contribution in [0.5, 0.6) is 5.75 Å². The zero-order chi connectivity index (χ0) is 27.4. The van der Waals surface area contributed by atoms with Gasteiger partial charge in [0.25, 0.3) is 0 Å². The van der Waals surface area contributed by atoms with Gasteiger partial charge in [-0.25, -0.2) is 0 Å². The number of hydrogen-bond acceptors (Lipinski definition) is 4. The van der Waals surface area contributed by atoms with Crippen LogP contribution in [0.25, 0.3) is 0 Å². The fraction of sp³-hybridized carbons (Fsp3) is 0.424. The summed E-state index contributed by atoms with van der Waals surface area (Å²) in [4.78, 5) is 18.4. The molecule has 0 aromatic heterocycles. The van der Waals surface area contributed by atoms with E-state index in [0.717, 1.165) is 43.9 Å². The van der Waals surface area contributed by atoms with E-state index in [-0.39, 0.29) is 35.7 Å². The third kappa shape index (κ3) is 5.72. The zero-order valence-electron chi connectivity index (χ0n) is 23.2. The minimum absolute atomic E-state index is 0.0131. The number of nitrogens with one attached hydrogen (secondary N) is 1. The Bertz CT molecular complexity index is 1190. The van der Waals surface area contributed by atoms with E-state index < -0.39 is 0 Å². The van der Waals surface area contributed by atoms with Gasteiger partial charge in [0.1, 0.15) is 5.75 Å². The molecule has 0 spiro atoms. The molecule has 6 rings (SSSR count). The number of methoxy groups -OCH3 is 1. The Balaban J connectivity index is 1.55. The molecule has 5 atom stereocenters. The Hall–Kier alpha value is -2.86. The summed E-state index contributed by atoms with van der Waals surface area (Å²) < 4.78 is 5.67. The lowest BCUT2D eigenvalue weighted by atomic mass is 9.66. The van der Waals surface area contributed by atoms with E-state index in [1.54, 1.807) is 7.11 Å². The van der Waals surface area contributed by atoms with Crippen LogP contribution in [0.1, 0.15) is 42.9 Å². The third-order valence-corrected chi connectivity index (χ3v) is 9.01. The van der Waals surface area contributed by atoms with Gasteiger partial charge in [0.2, 0.25) is 5.91 Å². The van der Waals surface area contributed by atoms with E-state index in [2.05, 4.69) is 84.7 Å². The number of rotatable bonds is 10. The number of fused-ring (bicyclic) bond motifs is 3. The molecule has 39 heavy (non-hydrogen) atoms. The first-order chi connectivity index (χ1) is 19.0. The highest BCUT2D eigenvalue weighted by molar-refractivity contribution is 6.30. The fourth-order valence-electron chi connectivity index (χ4n) is 6.92. The van der Waals surface area contributed by atoms with E-state index in [1.165, 1.54) is 11.1 Å². The summed E-state index contributed by atoms with van der Waals surface area (Å²) in [5.41, 5.74) is 3.64. The second kappa shape index (κ2) is 12.5. The Morgan fingerprint density at radius 2 is 1.67 bits per heavy atom. The summed E-state index contributed by atoms with van der Waals surface area (Å²) in [5, 5.41) is 4.64. The summed E-state index contributed by atoms with van der Waals surface area (Å²) in [6.45, 7) is 8.08. The first-order valence-electron chi connectivity index (χ1n) is 14.2. The highest BCUT2D eigenvalue weighted by Crippen LogP contribution is 2.45. The van der Waals surface area contributed by atoms with Gasteiger partial charge in [0, 0.05) is 54.8 Å². The molecular formula is C33H40ClN3O2. The first kappa shape index (κ1) is 27.7. The highest BCUT2D eigenvalue weighted by atomic mass is 35.5. The van der Waals surface area contributed by atoms with Crippen molar-refractivity contribution >= 4 is 17.5 Å². The van der Waals surface area contributed by atoms with Crippen LogP contribution in [0, 0.1) is 11.8 Å². The molecule has 0 radical (unpaired) electrons. The molecular weight excluding hydrogens is 506 g/mol. The van der Waals surface area contributed by atoms with Crippen LogP contribution >= 0.6 is 11.6 Å². The third-order valence-electron chi connectivity index (χ3n) is 8.77. The predicted molar refractivity (Wildman–Crippen MR) is 158 cm³/mol. The van der Waals surface area contributed by atoms with Gasteiger partial charge in [-0.2, -0.15) is 0 Å². The number of carbonyl (C=O) groups excluding carboxylic acids is 1. The smallest absolute Gasteiger partial charge is 0.227 e. The van der Waals surface area contributed by atoms with Crippen LogP contribution in [0.4, 0.5) is 0 Å². The summed E-state index contributed by atoms with van der Waals surface area (Å²) >= 11 is 6.39. The maximum absolute atomic E-state index is 13.8. The number of carbonyl (C=O) groups is 1. The maximum Gasteiger partial charge on any atom is 0.227 e. The van der Waals surface area contributed by atoms with E-state index in [4.69, 9.17) is 16.3 Å². The molecule has 3 aromatic carbocycles. The monoisotopic (exact) mass is 545 g/mol. The van der Waals surface area contributed by atoms with Crippen molar-refractivity contribution in [3.8, 4) is 5.75 Å². The van der Waals surface area contributed by atoms with Crippen molar-refractivity contribution in [2.24, 2.45) is 11.8 Å². The molecule has 1 amide bonds. The normalized spacial score (nSPS) is 24.1.